The Labute approximate surface area is 122 Å². The molecule has 2 nitrogen and oxygen atoms in total. The van der Waals surface area contributed by atoms with E-state index in [0.717, 1.165) is 16.6 Å². The first-order chi connectivity index (χ1) is 9.24. The Kier molecular flexibility index (Phi) is 5.00. The first-order valence-electron chi connectivity index (χ1n) is 6.29. The maximum absolute atomic E-state index is 5.48. The maximum Gasteiger partial charge on any atom is 0.124 e. The van der Waals surface area contributed by atoms with E-state index in [1.165, 1.54) is 11.1 Å². The Morgan fingerprint density at radius 2 is 1.89 bits per heavy atom. The first-order valence-corrected chi connectivity index (χ1v) is 7.08. The van der Waals surface area contributed by atoms with Crippen molar-refractivity contribution in [2.45, 2.75) is 12.5 Å². The van der Waals surface area contributed by atoms with E-state index in [1.807, 2.05) is 25.2 Å². The fourth-order valence-electron chi connectivity index (χ4n) is 2.19. The van der Waals surface area contributed by atoms with Gasteiger partial charge < -0.3 is 10.1 Å². The van der Waals surface area contributed by atoms with E-state index < -0.39 is 0 Å². The highest BCUT2D eigenvalue weighted by Crippen LogP contribution is 2.30. The number of hydrogen-bond acceptors (Lipinski definition) is 2. The molecular weight excluding hydrogens is 302 g/mol. The Balaban J connectivity index is 2.27. The van der Waals surface area contributed by atoms with Crippen LogP contribution in [0.15, 0.2) is 53.0 Å². The van der Waals surface area contributed by atoms with Crippen LogP contribution in [0.25, 0.3) is 0 Å². The molecule has 0 heterocycles. The van der Waals surface area contributed by atoms with Crippen LogP contribution in [0, 0.1) is 0 Å². The molecule has 0 amide bonds. The standard InChI is InChI=1S/C16H18BrNO/c1-18-15(10-12-6-4-3-5-7-12)14-9-8-13(17)11-16(14)19-2/h3-9,11,15,18H,10H2,1-2H3. The maximum atomic E-state index is 5.48. The minimum absolute atomic E-state index is 0.241. The molecule has 0 saturated heterocycles. The second kappa shape index (κ2) is 6.73. The number of halogens is 1. The summed E-state index contributed by atoms with van der Waals surface area (Å²) in [5.41, 5.74) is 2.49. The zero-order chi connectivity index (χ0) is 13.7. The summed E-state index contributed by atoms with van der Waals surface area (Å²) in [6.07, 6.45) is 0.940. The van der Waals surface area contributed by atoms with E-state index in [4.69, 9.17) is 4.74 Å². The Hall–Kier alpha value is -1.32. The summed E-state index contributed by atoms with van der Waals surface area (Å²) in [4.78, 5) is 0. The summed E-state index contributed by atoms with van der Waals surface area (Å²) in [7, 11) is 3.69. The lowest BCUT2D eigenvalue weighted by atomic mass is 9.98. The van der Waals surface area contributed by atoms with Gasteiger partial charge >= 0.3 is 0 Å². The van der Waals surface area contributed by atoms with E-state index >= 15 is 0 Å². The van der Waals surface area contributed by atoms with Crippen LogP contribution in [0.2, 0.25) is 0 Å². The van der Waals surface area contributed by atoms with Crippen molar-refractivity contribution < 1.29 is 4.74 Å². The van der Waals surface area contributed by atoms with Gasteiger partial charge in [-0.15, -0.1) is 0 Å². The summed E-state index contributed by atoms with van der Waals surface area (Å²) < 4.78 is 6.51. The lowest BCUT2D eigenvalue weighted by Gasteiger charge is -2.19. The van der Waals surface area contributed by atoms with Gasteiger partial charge in [-0.05, 0) is 31.2 Å². The number of nitrogens with one attached hydrogen (secondary N) is 1. The van der Waals surface area contributed by atoms with Gasteiger partial charge in [0.2, 0.25) is 0 Å². The third-order valence-electron chi connectivity index (χ3n) is 3.20. The number of methoxy groups -OCH3 is 1. The molecule has 0 radical (unpaired) electrons. The Morgan fingerprint density at radius 3 is 2.53 bits per heavy atom. The molecule has 2 aromatic rings. The third kappa shape index (κ3) is 3.58. The van der Waals surface area contributed by atoms with Gasteiger partial charge in [0, 0.05) is 16.1 Å². The second-order valence-electron chi connectivity index (χ2n) is 4.42. The Morgan fingerprint density at radius 1 is 1.16 bits per heavy atom. The molecule has 0 spiro atoms. The number of ether oxygens (including phenoxy) is 1. The van der Waals surface area contributed by atoms with Crippen LogP contribution < -0.4 is 10.1 Å². The molecule has 1 N–H and O–H groups in total. The highest BCUT2D eigenvalue weighted by Gasteiger charge is 2.15. The van der Waals surface area contributed by atoms with Crippen LogP contribution in [0.5, 0.6) is 5.75 Å². The van der Waals surface area contributed by atoms with Gasteiger partial charge in [0.1, 0.15) is 5.75 Å². The Bertz CT molecular complexity index is 528. The summed E-state index contributed by atoms with van der Waals surface area (Å²) in [5, 5.41) is 3.37. The molecule has 1 atom stereocenters. The number of hydrogen-bond donors (Lipinski definition) is 1. The normalized spacial score (nSPS) is 12.2. The lowest BCUT2D eigenvalue weighted by molar-refractivity contribution is 0.401. The van der Waals surface area contributed by atoms with Crippen molar-refractivity contribution in [1.82, 2.24) is 5.32 Å². The molecule has 1 unspecified atom stereocenters. The highest BCUT2D eigenvalue weighted by atomic mass is 79.9. The van der Waals surface area contributed by atoms with Gasteiger partial charge in [0.05, 0.1) is 7.11 Å². The molecule has 2 rings (SSSR count). The number of likely N-dealkylation sites (N-methyl/N-ethyl adjacent to an activating group) is 1. The molecule has 0 aromatic heterocycles. The molecule has 0 aliphatic heterocycles. The highest BCUT2D eigenvalue weighted by molar-refractivity contribution is 9.10. The minimum atomic E-state index is 0.241. The lowest BCUT2D eigenvalue weighted by Crippen LogP contribution is -2.19. The van der Waals surface area contributed by atoms with Crippen LogP contribution in [0.4, 0.5) is 0 Å². The largest absolute Gasteiger partial charge is 0.496 e. The average Bonchev–Trinajstić information content (AvgIpc) is 2.46. The van der Waals surface area contributed by atoms with Gasteiger partial charge in [-0.1, -0.05) is 52.3 Å². The first kappa shape index (κ1) is 14.1. The zero-order valence-corrected chi connectivity index (χ0v) is 12.8. The van der Waals surface area contributed by atoms with E-state index in [9.17, 15) is 0 Å². The number of rotatable bonds is 5. The minimum Gasteiger partial charge on any atom is -0.496 e. The van der Waals surface area contributed by atoms with Gasteiger partial charge in [0.25, 0.3) is 0 Å². The molecule has 19 heavy (non-hydrogen) atoms. The fraction of sp³-hybridized carbons (Fsp3) is 0.250. The summed E-state index contributed by atoms with van der Waals surface area (Å²) >= 11 is 3.47. The summed E-state index contributed by atoms with van der Waals surface area (Å²) in [6.45, 7) is 0. The average molecular weight is 320 g/mol. The molecule has 3 heteroatoms. The van der Waals surface area contributed by atoms with E-state index in [1.54, 1.807) is 7.11 Å². The molecule has 2 aromatic carbocycles. The van der Waals surface area contributed by atoms with Crippen LogP contribution in [0.3, 0.4) is 0 Å². The predicted molar refractivity (Wildman–Crippen MR) is 82.6 cm³/mol. The fourth-order valence-corrected chi connectivity index (χ4v) is 2.53. The molecule has 0 fully saturated rings. The van der Waals surface area contributed by atoms with Crippen LogP contribution in [-0.2, 0) is 6.42 Å². The smallest absolute Gasteiger partial charge is 0.124 e. The predicted octanol–water partition coefficient (Wildman–Crippen LogP) is 3.96. The van der Waals surface area contributed by atoms with Crippen molar-refractivity contribution in [3.8, 4) is 5.75 Å². The van der Waals surface area contributed by atoms with Gasteiger partial charge in [0.15, 0.2) is 0 Å². The van der Waals surface area contributed by atoms with Gasteiger partial charge in [-0.3, -0.25) is 0 Å². The van der Waals surface area contributed by atoms with Crippen molar-refractivity contribution in [1.29, 1.82) is 0 Å². The van der Waals surface area contributed by atoms with Crippen molar-refractivity contribution in [2.75, 3.05) is 14.2 Å². The number of benzene rings is 2. The third-order valence-corrected chi connectivity index (χ3v) is 3.70. The molecule has 100 valence electrons. The molecular formula is C16H18BrNO. The molecule has 0 aliphatic rings. The van der Waals surface area contributed by atoms with Crippen molar-refractivity contribution in [3.05, 3.63) is 64.1 Å². The van der Waals surface area contributed by atoms with Crippen molar-refractivity contribution in [2.24, 2.45) is 0 Å². The molecule has 0 saturated carbocycles. The van der Waals surface area contributed by atoms with E-state index in [-0.39, 0.29) is 6.04 Å². The monoisotopic (exact) mass is 319 g/mol. The SMILES string of the molecule is CNC(Cc1ccccc1)c1ccc(Br)cc1OC. The van der Waals surface area contributed by atoms with Crippen LogP contribution >= 0.6 is 15.9 Å². The van der Waals surface area contributed by atoms with E-state index in [0.29, 0.717) is 0 Å². The van der Waals surface area contributed by atoms with Crippen molar-refractivity contribution >= 4 is 15.9 Å². The topological polar surface area (TPSA) is 21.3 Å². The van der Waals surface area contributed by atoms with Gasteiger partial charge in [-0.25, -0.2) is 0 Å². The van der Waals surface area contributed by atoms with Crippen molar-refractivity contribution in [3.63, 3.8) is 0 Å². The quantitative estimate of drug-likeness (QED) is 0.900. The zero-order valence-electron chi connectivity index (χ0n) is 11.2. The molecule has 0 aliphatic carbocycles. The second-order valence-corrected chi connectivity index (χ2v) is 5.33. The molecule has 0 bridgehead atoms. The van der Waals surface area contributed by atoms with Gasteiger partial charge in [-0.2, -0.15) is 0 Å². The summed E-state index contributed by atoms with van der Waals surface area (Å²) in [5.74, 6) is 0.907. The van der Waals surface area contributed by atoms with E-state index in [2.05, 4.69) is 51.6 Å². The summed E-state index contributed by atoms with van der Waals surface area (Å²) in [6, 6.07) is 16.9. The van der Waals surface area contributed by atoms with Crippen LogP contribution in [0.1, 0.15) is 17.2 Å². The van der Waals surface area contributed by atoms with Crippen LogP contribution in [-0.4, -0.2) is 14.2 Å².